The molecule has 8 heteroatoms. The van der Waals surface area contributed by atoms with Gasteiger partial charge in [-0.25, -0.2) is 0 Å². The van der Waals surface area contributed by atoms with Gasteiger partial charge in [-0.2, -0.15) is 17.0 Å². The maximum absolute atomic E-state index is 12.3. The molecule has 2 aliphatic rings. The summed E-state index contributed by atoms with van der Waals surface area (Å²) in [6, 6.07) is -1.01. The summed E-state index contributed by atoms with van der Waals surface area (Å²) >= 11 is 0. The van der Waals surface area contributed by atoms with Crippen LogP contribution in [0.15, 0.2) is 0 Å². The van der Waals surface area contributed by atoms with E-state index in [0.29, 0.717) is 13.1 Å². The number of nitrogens with zero attached hydrogens (tertiary/aromatic N) is 2. The zero-order valence-electron chi connectivity index (χ0n) is 10.3. The van der Waals surface area contributed by atoms with Gasteiger partial charge in [0, 0.05) is 33.2 Å². The quantitative estimate of drug-likeness (QED) is 0.749. The first-order valence-corrected chi connectivity index (χ1v) is 7.39. The van der Waals surface area contributed by atoms with Gasteiger partial charge in [-0.3, -0.25) is 4.79 Å². The van der Waals surface area contributed by atoms with Gasteiger partial charge in [0.15, 0.2) is 0 Å². The largest absolute Gasteiger partial charge is 0.480 e. The molecule has 2 saturated heterocycles. The van der Waals surface area contributed by atoms with E-state index in [1.807, 2.05) is 0 Å². The predicted molar refractivity (Wildman–Crippen MR) is 63.3 cm³/mol. The molecular weight excluding hydrogens is 260 g/mol. The highest BCUT2D eigenvalue weighted by molar-refractivity contribution is 7.86. The molecule has 2 rings (SSSR count). The van der Waals surface area contributed by atoms with Crippen LogP contribution >= 0.6 is 0 Å². The van der Waals surface area contributed by atoms with E-state index in [1.165, 1.54) is 11.4 Å². The van der Waals surface area contributed by atoms with E-state index in [0.717, 1.165) is 17.1 Å². The van der Waals surface area contributed by atoms with Crippen molar-refractivity contribution in [1.82, 2.24) is 8.61 Å². The molecule has 2 unspecified atom stereocenters. The van der Waals surface area contributed by atoms with Crippen molar-refractivity contribution in [2.24, 2.45) is 0 Å². The van der Waals surface area contributed by atoms with E-state index in [-0.39, 0.29) is 19.1 Å². The molecule has 2 atom stereocenters. The Bertz CT molecular complexity index is 418. The molecule has 0 aliphatic carbocycles. The number of carboxylic acid groups (broad SMARTS) is 1. The van der Waals surface area contributed by atoms with Crippen molar-refractivity contribution in [2.45, 2.75) is 31.4 Å². The Kier molecular flexibility index (Phi) is 3.90. The minimum Gasteiger partial charge on any atom is -0.480 e. The summed E-state index contributed by atoms with van der Waals surface area (Å²) in [5, 5.41) is 9.12. The molecule has 104 valence electrons. The van der Waals surface area contributed by atoms with Gasteiger partial charge < -0.3 is 9.84 Å². The average molecular weight is 278 g/mol. The Morgan fingerprint density at radius 1 is 1.33 bits per heavy atom. The first kappa shape index (κ1) is 13.7. The fourth-order valence-electron chi connectivity index (χ4n) is 2.49. The lowest BCUT2D eigenvalue weighted by atomic mass is 10.2. The molecule has 0 saturated carbocycles. The second kappa shape index (κ2) is 5.12. The fourth-order valence-corrected chi connectivity index (χ4v) is 4.35. The lowest BCUT2D eigenvalue weighted by Gasteiger charge is -2.26. The topological polar surface area (TPSA) is 87.1 Å². The Balaban J connectivity index is 2.21. The summed E-state index contributed by atoms with van der Waals surface area (Å²) in [7, 11) is -2.20. The van der Waals surface area contributed by atoms with Crippen LogP contribution in [0.4, 0.5) is 0 Å². The molecule has 2 aliphatic heterocycles. The maximum Gasteiger partial charge on any atom is 0.322 e. The van der Waals surface area contributed by atoms with Gasteiger partial charge in [0.05, 0.1) is 6.10 Å². The molecular formula is C10H18N2O5S. The van der Waals surface area contributed by atoms with Crippen LogP contribution in [0.1, 0.15) is 19.3 Å². The van der Waals surface area contributed by atoms with Gasteiger partial charge in [-0.05, 0) is 12.8 Å². The fraction of sp³-hybridized carbons (Fsp3) is 0.900. The minimum absolute atomic E-state index is 0.117. The van der Waals surface area contributed by atoms with Gasteiger partial charge in [-0.15, -0.1) is 0 Å². The van der Waals surface area contributed by atoms with Crippen LogP contribution in [0.3, 0.4) is 0 Å². The van der Waals surface area contributed by atoms with Crippen molar-refractivity contribution in [3.63, 3.8) is 0 Å². The Morgan fingerprint density at radius 3 is 2.44 bits per heavy atom. The molecule has 0 aromatic carbocycles. The highest BCUT2D eigenvalue weighted by Gasteiger charge is 2.46. The van der Waals surface area contributed by atoms with E-state index in [9.17, 15) is 13.2 Å². The highest BCUT2D eigenvalue weighted by atomic mass is 32.2. The Hall–Kier alpha value is -0.700. The molecule has 0 bridgehead atoms. The number of hydrogen-bond donors (Lipinski definition) is 1. The summed E-state index contributed by atoms with van der Waals surface area (Å²) in [6.45, 7) is 1.07. The van der Waals surface area contributed by atoms with Crippen molar-refractivity contribution in [2.75, 3.05) is 26.7 Å². The number of carbonyl (C=O) groups is 1. The van der Waals surface area contributed by atoms with E-state index in [4.69, 9.17) is 9.84 Å². The lowest BCUT2D eigenvalue weighted by molar-refractivity contribution is -0.140. The Morgan fingerprint density at radius 2 is 1.94 bits per heavy atom. The second-order valence-corrected chi connectivity index (χ2v) is 6.51. The smallest absolute Gasteiger partial charge is 0.322 e. The average Bonchev–Trinajstić information content (AvgIpc) is 2.98. The zero-order chi connectivity index (χ0) is 13.3. The van der Waals surface area contributed by atoms with Crippen molar-refractivity contribution in [3.05, 3.63) is 0 Å². The third kappa shape index (κ3) is 2.37. The number of rotatable bonds is 4. The van der Waals surface area contributed by atoms with Gasteiger partial charge in [0.2, 0.25) is 0 Å². The molecule has 18 heavy (non-hydrogen) atoms. The van der Waals surface area contributed by atoms with Crippen LogP contribution in [-0.2, 0) is 19.7 Å². The molecule has 1 N–H and O–H groups in total. The number of ether oxygens (including phenoxy) is 1. The van der Waals surface area contributed by atoms with E-state index in [2.05, 4.69) is 0 Å². The van der Waals surface area contributed by atoms with E-state index < -0.39 is 22.2 Å². The SMILES string of the molecule is COC1CC(C(=O)O)N(S(=O)(=O)N2CCCC2)C1. The van der Waals surface area contributed by atoms with Crippen molar-refractivity contribution in [3.8, 4) is 0 Å². The number of carboxylic acids is 1. The summed E-state index contributed by atoms with van der Waals surface area (Å²) in [4.78, 5) is 11.2. The molecule has 2 fully saturated rings. The lowest BCUT2D eigenvalue weighted by Crippen LogP contribution is -2.47. The van der Waals surface area contributed by atoms with Gasteiger partial charge in [0.25, 0.3) is 10.2 Å². The third-order valence-corrected chi connectivity index (χ3v) is 5.54. The third-order valence-electron chi connectivity index (χ3n) is 3.52. The standard InChI is InChI=1S/C10H18N2O5S/c1-17-8-6-9(10(13)14)12(7-8)18(15,16)11-4-2-3-5-11/h8-9H,2-7H2,1H3,(H,13,14). The van der Waals surface area contributed by atoms with Gasteiger partial charge >= 0.3 is 5.97 Å². The van der Waals surface area contributed by atoms with Crippen LogP contribution < -0.4 is 0 Å². The van der Waals surface area contributed by atoms with Crippen LogP contribution in [-0.4, -0.2) is 67.0 Å². The minimum atomic E-state index is -3.67. The normalized spacial score (nSPS) is 30.9. The molecule has 0 spiro atoms. The van der Waals surface area contributed by atoms with Crippen LogP contribution in [0.2, 0.25) is 0 Å². The maximum atomic E-state index is 12.3. The van der Waals surface area contributed by atoms with E-state index in [1.54, 1.807) is 0 Å². The molecule has 7 nitrogen and oxygen atoms in total. The summed E-state index contributed by atoms with van der Waals surface area (Å²) in [6.07, 6.45) is 1.53. The van der Waals surface area contributed by atoms with Gasteiger partial charge in [0.1, 0.15) is 6.04 Å². The van der Waals surface area contributed by atoms with Crippen molar-refractivity contribution < 1.29 is 23.1 Å². The monoisotopic (exact) mass is 278 g/mol. The van der Waals surface area contributed by atoms with Crippen LogP contribution in [0, 0.1) is 0 Å². The van der Waals surface area contributed by atoms with Crippen LogP contribution in [0.5, 0.6) is 0 Å². The summed E-state index contributed by atoms with van der Waals surface area (Å²) in [5.41, 5.74) is 0. The Labute approximate surface area is 106 Å². The van der Waals surface area contributed by atoms with Gasteiger partial charge in [-0.1, -0.05) is 0 Å². The molecule has 0 aromatic heterocycles. The molecule has 0 amide bonds. The molecule has 2 heterocycles. The summed E-state index contributed by atoms with van der Waals surface area (Å²) in [5.74, 6) is -1.11. The number of hydrogen-bond acceptors (Lipinski definition) is 4. The van der Waals surface area contributed by atoms with E-state index >= 15 is 0 Å². The zero-order valence-corrected chi connectivity index (χ0v) is 11.1. The highest BCUT2D eigenvalue weighted by Crippen LogP contribution is 2.27. The van der Waals surface area contributed by atoms with Crippen molar-refractivity contribution >= 4 is 16.2 Å². The predicted octanol–water partition coefficient (Wildman–Crippen LogP) is -0.499. The first-order chi connectivity index (χ1) is 8.46. The van der Waals surface area contributed by atoms with Crippen molar-refractivity contribution in [1.29, 1.82) is 0 Å². The molecule has 0 aromatic rings. The molecule has 0 radical (unpaired) electrons. The number of aliphatic carboxylic acids is 1. The first-order valence-electron chi connectivity index (χ1n) is 5.99. The second-order valence-electron chi connectivity index (χ2n) is 4.63. The van der Waals surface area contributed by atoms with Crippen LogP contribution in [0.25, 0.3) is 0 Å². The number of methoxy groups -OCH3 is 1. The summed E-state index contributed by atoms with van der Waals surface area (Å²) < 4.78 is 32.2.